The number of fused-ring (bicyclic) bond motifs is 1. The first-order chi connectivity index (χ1) is 18.7. The second kappa shape index (κ2) is 11.3. The van der Waals surface area contributed by atoms with Crippen molar-refractivity contribution >= 4 is 5.97 Å². The molecule has 0 spiro atoms. The van der Waals surface area contributed by atoms with Gasteiger partial charge in [-0.05, 0) is 67.1 Å². The Morgan fingerprint density at radius 2 is 2.00 bits per heavy atom. The Balaban J connectivity index is 1.46. The SMILES string of the molecule is C[C@H](C(=O)O)[C@@H](O)c1ccc2c(c1)O[C@H](c1ccc(-c3cc(O)ncc3F)c(CN(C)C3CCOC3)c1)CC2. The third-order valence-corrected chi connectivity index (χ3v) is 7.82. The molecule has 4 atom stereocenters. The smallest absolute Gasteiger partial charge is 0.309 e. The van der Waals surface area contributed by atoms with E-state index in [9.17, 15) is 24.5 Å². The summed E-state index contributed by atoms with van der Waals surface area (Å²) in [7, 11) is 2.02. The number of aromatic hydroxyl groups is 1. The Labute approximate surface area is 226 Å². The quantitative estimate of drug-likeness (QED) is 0.382. The van der Waals surface area contributed by atoms with Crippen molar-refractivity contribution in [1.82, 2.24) is 9.88 Å². The number of carboxylic acids is 1. The summed E-state index contributed by atoms with van der Waals surface area (Å²) >= 11 is 0. The van der Waals surface area contributed by atoms with E-state index in [0.29, 0.717) is 36.6 Å². The number of pyridine rings is 1. The van der Waals surface area contributed by atoms with Crippen molar-refractivity contribution in [1.29, 1.82) is 0 Å². The van der Waals surface area contributed by atoms with Crippen molar-refractivity contribution in [2.45, 2.75) is 51.0 Å². The molecule has 2 aliphatic rings. The number of aliphatic hydroxyl groups is 1. The molecule has 1 saturated heterocycles. The summed E-state index contributed by atoms with van der Waals surface area (Å²) in [6.45, 7) is 3.38. The molecule has 206 valence electrons. The van der Waals surface area contributed by atoms with Crippen LogP contribution >= 0.6 is 0 Å². The molecule has 3 aromatic rings. The zero-order valence-corrected chi connectivity index (χ0v) is 22.0. The number of nitrogens with zero attached hydrogens (tertiary/aromatic N) is 2. The molecule has 2 aromatic carbocycles. The van der Waals surface area contributed by atoms with Crippen LogP contribution in [0, 0.1) is 11.7 Å². The molecule has 9 heteroatoms. The number of aliphatic hydroxyl groups excluding tert-OH is 1. The van der Waals surface area contributed by atoms with Crippen LogP contribution in [-0.2, 0) is 22.5 Å². The summed E-state index contributed by atoms with van der Waals surface area (Å²) in [4.78, 5) is 17.2. The molecular weight excluding hydrogens is 503 g/mol. The Morgan fingerprint density at radius 3 is 2.74 bits per heavy atom. The number of likely N-dealkylation sites (N-methyl/N-ethyl adjacent to an activating group) is 1. The topological polar surface area (TPSA) is 112 Å². The first-order valence-electron chi connectivity index (χ1n) is 13.2. The number of aromatic nitrogens is 1. The lowest BCUT2D eigenvalue weighted by atomic mass is 9.91. The number of aryl methyl sites for hydroxylation is 1. The first kappa shape index (κ1) is 27.1. The number of aliphatic carboxylic acids is 1. The fraction of sp³-hybridized carbons (Fsp3) is 0.400. The average Bonchev–Trinajstić information content (AvgIpc) is 3.48. The Kier molecular flexibility index (Phi) is 7.83. The molecular formula is C30H33FN2O6. The largest absolute Gasteiger partial charge is 0.493 e. The lowest BCUT2D eigenvalue weighted by Crippen LogP contribution is -2.31. The molecule has 0 aliphatic carbocycles. The van der Waals surface area contributed by atoms with Crippen LogP contribution in [0.25, 0.3) is 11.1 Å². The summed E-state index contributed by atoms with van der Waals surface area (Å²) < 4.78 is 26.8. The molecule has 0 amide bonds. The molecule has 2 aliphatic heterocycles. The highest BCUT2D eigenvalue weighted by Crippen LogP contribution is 2.39. The van der Waals surface area contributed by atoms with Crippen molar-refractivity contribution < 1.29 is 34.0 Å². The molecule has 3 heterocycles. The summed E-state index contributed by atoms with van der Waals surface area (Å²) in [5.74, 6) is -2.16. The van der Waals surface area contributed by atoms with E-state index in [0.717, 1.165) is 42.1 Å². The van der Waals surface area contributed by atoms with Gasteiger partial charge in [0.2, 0.25) is 5.88 Å². The second-order valence-electron chi connectivity index (χ2n) is 10.5. The molecule has 1 unspecified atom stereocenters. The number of halogens is 1. The van der Waals surface area contributed by atoms with Crippen LogP contribution in [0.1, 0.15) is 54.2 Å². The monoisotopic (exact) mass is 536 g/mol. The molecule has 0 saturated carbocycles. The Bertz CT molecular complexity index is 1360. The van der Waals surface area contributed by atoms with Gasteiger partial charge in [-0.25, -0.2) is 9.37 Å². The Hall–Kier alpha value is -3.53. The summed E-state index contributed by atoms with van der Waals surface area (Å²) in [5.41, 5.74) is 4.26. The number of rotatable bonds is 8. The highest BCUT2D eigenvalue weighted by Gasteiger charge is 2.28. The van der Waals surface area contributed by atoms with Gasteiger partial charge in [0.15, 0.2) is 0 Å². The van der Waals surface area contributed by atoms with Gasteiger partial charge in [0.1, 0.15) is 17.7 Å². The van der Waals surface area contributed by atoms with Gasteiger partial charge in [-0.2, -0.15) is 0 Å². The number of ether oxygens (including phenoxy) is 2. The number of hydrogen-bond acceptors (Lipinski definition) is 7. The van der Waals surface area contributed by atoms with E-state index >= 15 is 0 Å². The van der Waals surface area contributed by atoms with Gasteiger partial charge in [-0.15, -0.1) is 0 Å². The van der Waals surface area contributed by atoms with Gasteiger partial charge >= 0.3 is 5.97 Å². The second-order valence-corrected chi connectivity index (χ2v) is 10.5. The van der Waals surface area contributed by atoms with Crippen molar-refractivity contribution in [3.63, 3.8) is 0 Å². The van der Waals surface area contributed by atoms with Crippen molar-refractivity contribution in [3.8, 4) is 22.8 Å². The third-order valence-electron chi connectivity index (χ3n) is 7.82. The summed E-state index contributed by atoms with van der Waals surface area (Å²) in [6.07, 6.45) is 2.02. The number of benzene rings is 2. The van der Waals surface area contributed by atoms with Crippen LogP contribution < -0.4 is 4.74 Å². The van der Waals surface area contributed by atoms with E-state index in [1.54, 1.807) is 12.1 Å². The van der Waals surface area contributed by atoms with Gasteiger partial charge in [0, 0.05) is 30.8 Å². The van der Waals surface area contributed by atoms with E-state index in [-0.39, 0.29) is 23.6 Å². The number of carbonyl (C=O) groups is 1. The maximum Gasteiger partial charge on any atom is 0.309 e. The summed E-state index contributed by atoms with van der Waals surface area (Å²) in [5, 5.41) is 29.8. The molecule has 0 radical (unpaired) electrons. The predicted molar refractivity (Wildman–Crippen MR) is 142 cm³/mol. The van der Waals surface area contributed by atoms with Crippen LogP contribution in [0.5, 0.6) is 11.6 Å². The maximum absolute atomic E-state index is 14.8. The van der Waals surface area contributed by atoms with Gasteiger partial charge in [0.25, 0.3) is 0 Å². The molecule has 39 heavy (non-hydrogen) atoms. The highest BCUT2D eigenvalue weighted by atomic mass is 19.1. The van der Waals surface area contributed by atoms with Crippen molar-refractivity contribution in [3.05, 3.63) is 76.7 Å². The first-order valence-corrected chi connectivity index (χ1v) is 13.2. The lowest BCUT2D eigenvalue weighted by molar-refractivity contribution is -0.145. The van der Waals surface area contributed by atoms with E-state index in [1.807, 2.05) is 31.3 Å². The van der Waals surface area contributed by atoms with Crippen molar-refractivity contribution in [2.24, 2.45) is 5.92 Å². The molecule has 1 aromatic heterocycles. The minimum absolute atomic E-state index is 0.249. The predicted octanol–water partition coefficient (Wildman–Crippen LogP) is 4.63. The third kappa shape index (κ3) is 5.75. The minimum Gasteiger partial charge on any atom is -0.493 e. The molecule has 5 rings (SSSR count). The fourth-order valence-electron chi connectivity index (χ4n) is 5.34. The average molecular weight is 537 g/mol. The number of carboxylic acid groups (broad SMARTS) is 1. The van der Waals surface area contributed by atoms with E-state index in [4.69, 9.17) is 9.47 Å². The molecule has 0 bridgehead atoms. The number of hydrogen-bond donors (Lipinski definition) is 3. The van der Waals surface area contributed by atoms with Crippen LogP contribution in [0.2, 0.25) is 0 Å². The summed E-state index contributed by atoms with van der Waals surface area (Å²) in [6, 6.07) is 12.7. The highest BCUT2D eigenvalue weighted by molar-refractivity contribution is 5.71. The van der Waals surface area contributed by atoms with Gasteiger partial charge < -0.3 is 24.8 Å². The molecule has 3 N–H and O–H groups in total. The maximum atomic E-state index is 14.8. The lowest BCUT2D eigenvalue weighted by Gasteiger charge is -2.29. The molecule has 8 nitrogen and oxygen atoms in total. The zero-order valence-electron chi connectivity index (χ0n) is 22.0. The Morgan fingerprint density at radius 1 is 1.18 bits per heavy atom. The van der Waals surface area contributed by atoms with E-state index in [1.165, 1.54) is 13.0 Å². The van der Waals surface area contributed by atoms with Gasteiger partial charge in [0.05, 0.1) is 24.8 Å². The van der Waals surface area contributed by atoms with Crippen LogP contribution in [0.15, 0.2) is 48.7 Å². The van der Waals surface area contributed by atoms with Crippen LogP contribution in [-0.4, -0.2) is 57.5 Å². The van der Waals surface area contributed by atoms with Crippen LogP contribution in [0.3, 0.4) is 0 Å². The normalized spacial score (nSPS) is 20.3. The fourth-order valence-corrected chi connectivity index (χ4v) is 5.34. The van der Waals surface area contributed by atoms with Crippen molar-refractivity contribution in [2.75, 3.05) is 20.3 Å². The van der Waals surface area contributed by atoms with E-state index < -0.39 is 23.8 Å². The minimum atomic E-state index is -1.15. The van der Waals surface area contributed by atoms with Crippen LogP contribution in [0.4, 0.5) is 4.39 Å². The molecule has 1 fully saturated rings. The van der Waals surface area contributed by atoms with Gasteiger partial charge in [-0.3, -0.25) is 9.69 Å². The van der Waals surface area contributed by atoms with E-state index in [2.05, 4.69) is 9.88 Å². The zero-order chi connectivity index (χ0) is 27.7. The van der Waals surface area contributed by atoms with Gasteiger partial charge in [-0.1, -0.05) is 30.3 Å². The standard InChI is InChI=1S/C30H33FN2O6/c1-17(30(36)37)29(35)20-4-3-18-6-8-26(39-27(18)12-20)19-5-7-23(24-13-28(34)32-14-25(24)31)21(11-19)15-33(2)22-9-10-38-16-22/h3-5,7,11-14,17,22,26,29,35H,6,8-10,15-16H2,1-2H3,(H,32,34)(H,36,37)/t17-,22?,26-,29+/m0/s1.